The molecule has 1 heterocycles. The highest BCUT2D eigenvalue weighted by Crippen LogP contribution is 2.23. The molecule has 118 valence electrons. The standard InChI is InChI=1S/C19H18ClNO2/c1-13-5-2-3-7-16(13)19(22)23-10-4-6-14-12-21-18-9-8-15(20)11-17(14)18/h2-3,5,7-9,11-12,21H,4,6,10H2,1H3. The maximum absolute atomic E-state index is 12.0. The lowest BCUT2D eigenvalue weighted by molar-refractivity contribution is 0.0500. The van der Waals surface area contributed by atoms with Gasteiger partial charge >= 0.3 is 5.97 Å². The quantitative estimate of drug-likeness (QED) is 0.534. The predicted molar refractivity (Wildman–Crippen MR) is 93.1 cm³/mol. The van der Waals surface area contributed by atoms with Crippen LogP contribution >= 0.6 is 11.6 Å². The third-order valence-corrected chi connectivity index (χ3v) is 4.15. The van der Waals surface area contributed by atoms with Crippen LogP contribution in [0.5, 0.6) is 0 Å². The van der Waals surface area contributed by atoms with Gasteiger partial charge in [0.2, 0.25) is 0 Å². The second kappa shape index (κ2) is 6.88. The third kappa shape index (κ3) is 3.57. The van der Waals surface area contributed by atoms with Crippen molar-refractivity contribution in [3.63, 3.8) is 0 Å². The number of benzene rings is 2. The molecule has 1 N–H and O–H groups in total. The molecule has 3 nitrogen and oxygen atoms in total. The number of rotatable bonds is 5. The molecular weight excluding hydrogens is 310 g/mol. The van der Waals surface area contributed by atoms with Gasteiger partial charge in [-0.3, -0.25) is 0 Å². The summed E-state index contributed by atoms with van der Waals surface area (Å²) in [5, 5.41) is 1.85. The summed E-state index contributed by atoms with van der Waals surface area (Å²) in [4.78, 5) is 15.3. The molecule has 0 aliphatic rings. The SMILES string of the molecule is Cc1ccccc1C(=O)OCCCc1c[nH]c2ccc(Cl)cc12. The minimum Gasteiger partial charge on any atom is -0.462 e. The molecule has 0 saturated carbocycles. The van der Waals surface area contributed by atoms with E-state index in [1.165, 1.54) is 5.56 Å². The number of nitrogens with one attached hydrogen (secondary N) is 1. The van der Waals surface area contributed by atoms with Gasteiger partial charge in [-0.15, -0.1) is 0 Å². The lowest BCUT2D eigenvalue weighted by Gasteiger charge is -2.06. The summed E-state index contributed by atoms with van der Waals surface area (Å²) in [7, 11) is 0. The summed E-state index contributed by atoms with van der Waals surface area (Å²) >= 11 is 6.05. The highest BCUT2D eigenvalue weighted by atomic mass is 35.5. The van der Waals surface area contributed by atoms with E-state index < -0.39 is 0 Å². The fourth-order valence-corrected chi connectivity index (χ4v) is 2.84. The van der Waals surface area contributed by atoms with E-state index in [0.29, 0.717) is 12.2 Å². The highest BCUT2D eigenvalue weighted by molar-refractivity contribution is 6.31. The van der Waals surface area contributed by atoms with Crippen molar-refractivity contribution in [3.05, 3.63) is 70.4 Å². The van der Waals surface area contributed by atoms with Gasteiger partial charge in [0.25, 0.3) is 0 Å². The summed E-state index contributed by atoms with van der Waals surface area (Å²) in [5.74, 6) is -0.259. The van der Waals surface area contributed by atoms with E-state index >= 15 is 0 Å². The monoisotopic (exact) mass is 327 g/mol. The van der Waals surface area contributed by atoms with Crippen molar-refractivity contribution < 1.29 is 9.53 Å². The van der Waals surface area contributed by atoms with Crippen molar-refractivity contribution >= 4 is 28.5 Å². The van der Waals surface area contributed by atoms with Gasteiger partial charge in [-0.25, -0.2) is 4.79 Å². The van der Waals surface area contributed by atoms with E-state index in [-0.39, 0.29) is 5.97 Å². The Labute approximate surface area is 140 Å². The normalized spacial score (nSPS) is 10.9. The smallest absolute Gasteiger partial charge is 0.338 e. The van der Waals surface area contributed by atoms with Crippen LogP contribution in [0, 0.1) is 6.92 Å². The van der Waals surface area contributed by atoms with Gasteiger partial charge in [0.05, 0.1) is 12.2 Å². The molecular formula is C19H18ClNO2. The summed E-state index contributed by atoms with van der Waals surface area (Å²) in [6.45, 7) is 2.31. The largest absolute Gasteiger partial charge is 0.462 e. The van der Waals surface area contributed by atoms with E-state index in [9.17, 15) is 4.79 Å². The van der Waals surface area contributed by atoms with E-state index in [1.54, 1.807) is 6.07 Å². The van der Waals surface area contributed by atoms with Crippen molar-refractivity contribution in [1.29, 1.82) is 0 Å². The number of aryl methyl sites for hydroxylation is 2. The first-order chi connectivity index (χ1) is 11.1. The van der Waals surface area contributed by atoms with Gasteiger partial charge in [-0.05, 0) is 55.2 Å². The molecule has 0 fully saturated rings. The Kier molecular flexibility index (Phi) is 4.68. The van der Waals surface area contributed by atoms with Gasteiger partial charge in [-0.1, -0.05) is 29.8 Å². The van der Waals surface area contributed by atoms with Crippen LogP contribution in [-0.4, -0.2) is 17.6 Å². The van der Waals surface area contributed by atoms with Gasteiger partial charge in [0.15, 0.2) is 0 Å². The number of halogens is 1. The highest BCUT2D eigenvalue weighted by Gasteiger charge is 2.10. The Morgan fingerprint density at radius 2 is 2.04 bits per heavy atom. The van der Waals surface area contributed by atoms with E-state index in [2.05, 4.69) is 4.98 Å². The number of hydrogen-bond donors (Lipinski definition) is 1. The first-order valence-electron chi connectivity index (χ1n) is 7.63. The van der Waals surface area contributed by atoms with Crippen LogP contribution in [-0.2, 0) is 11.2 Å². The zero-order valence-corrected chi connectivity index (χ0v) is 13.7. The Bertz CT molecular complexity index is 838. The number of aromatic nitrogens is 1. The zero-order chi connectivity index (χ0) is 16.2. The molecule has 0 aliphatic carbocycles. The van der Waals surface area contributed by atoms with Crippen LogP contribution in [0.15, 0.2) is 48.7 Å². The van der Waals surface area contributed by atoms with Crippen LogP contribution in [0.1, 0.15) is 27.9 Å². The van der Waals surface area contributed by atoms with Crippen LogP contribution < -0.4 is 0 Å². The fourth-order valence-electron chi connectivity index (χ4n) is 2.66. The topological polar surface area (TPSA) is 42.1 Å². The second-order valence-corrected chi connectivity index (χ2v) is 5.99. The lowest BCUT2D eigenvalue weighted by atomic mass is 10.1. The van der Waals surface area contributed by atoms with E-state index in [0.717, 1.165) is 34.3 Å². The minimum absolute atomic E-state index is 0.259. The summed E-state index contributed by atoms with van der Waals surface area (Å²) in [5.41, 5.74) is 3.82. The molecule has 0 spiro atoms. The molecule has 2 aromatic carbocycles. The molecule has 1 aromatic heterocycles. The Balaban J connectivity index is 1.56. The number of fused-ring (bicyclic) bond motifs is 1. The number of hydrogen-bond acceptors (Lipinski definition) is 2. The van der Waals surface area contributed by atoms with Crippen LogP contribution in [0.4, 0.5) is 0 Å². The molecule has 0 amide bonds. The molecule has 3 aromatic rings. The van der Waals surface area contributed by atoms with Crippen molar-refractivity contribution in [2.24, 2.45) is 0 Å². The first kappa shape index (κ1) is 15.6. The summed E-state index contributed by atoms with van der Waals surface area (Å²) in [6.07, 6.45) is 3.60. The number of aromatic amines is 1. The Morgan fingerprint density at radius 1 is 1.22 bits per heavy atom. The van der Waals surface area contributed by atoms with Crippen molar-refractivity contribution in [2.45, 2.75) is 19.8 Å². The molecule has 0 saturated heterocycles. The molecule has 0 radical (unpaired) electrons. The number of H-pyrrole nitrogens is 1. The molecule has 0 bridgehead atoms. The van der Waals surface area contributed by atoms with Crippen molar-refractivity contribution in [1.82, 2.24) is 4.98 Å². The summed E-state index contributed by atoms with van der Waals surface area (Å²) < 4.78 is 5.37. The van der Waals surface area contributed by atoms with Crippen LogP contribution in [0.3, 0.4) is 0 Å². The van der Waals surface area contributed by atoms with Gasteiger partial charge < -0.3 is 9.72 Å². The molecule has 3 rings (SSSR count). The second-order valence-electron chi connectivity index (χ2n) is 5.56. The average Bonchev–Trinajstić information content (AvgIpc) is 2.94. The van der Waals surface area contributed by atoms with Gasteiger partial charge in [0, 0.05) is 22.1 Å². The van der Waals surface area contributed by atoms with Gasteiger partial charge in [-0.2, -0.15) is 0 Å². The third-order valence-electron chi connectivity index (χ3n) is 3.92. The van der Waals surface area contributed by atoms with Crippen LogP contribution in [0.2, 0.25) is 5.02 Å². The molecule has 4 heteroatoms. The lowest BCUT2D eigenvalue weighted by Crippen LogP contribution is -2.08. The molecule has 0 atom stereocenters. The first-order valence-corrected chi connectivity index (χ1v) is 8.01. The number of carbonyl (C=O) groups is 1. The zero-order valence-electron chi connectivity index (χ0n) is 12.9. The Hall–Kier alpha value is -2.26. The number of esters is 1. The van der Waals surface area contributed by atoms with Crippen LogP contribution in [0.25, 0.3) is 10.9 Å². The molecule has 0 aliphatic heterocycles. The molecule has 23 heavy (non-hydrogen) atoms. The average molecular weight is 328 g/mol. The van der Waals surface area contributed by atoms with Crippen molar-refractivity contribution in [3.8, 4) is 0 Å². The van der Waals surface area contributed by atoms with Crippen molar-refractivity contribution in [2.75, 3.05) is 6.61 Å². The molecule has 0 unspecified atom stereocenters. The van der Waals surface area contributed by atoms with E-state index in [4.69, 9.17) is 16.3 Å². The number of ether oxygens (including phenoxy) is 1. The summed E-state index contributed by atoms with van der Waals surface area (Å²) in [6, 6.07) is 13.3. The van der Waals surface area contributed by atoms with E-state index in [1.807, 2.05) is 49.5 Å². The maximum Gasteiger partial charge on any atom is 0.338 e. The maximum atomic E-state index is 12.0. The van der Waals surface area contributed by atoms with Gasteiger partial charge in [0.1, 0.15) is 0 Å². The number of carbonyl (C=O) groups excluding carboxylic acids is 1. The Morgan fingerprint density at radius 3 is 2.87 bits per heavy atom. The fraction of sp³-hybridized carbons (Fsp3) is 0.211. The minimum atomic E-state index is -0.259. The predicted octanol–water partition coefficient (Wildman–Crippen LogP) is 4.92.